The number of nitrogens with zero attached hydrogens (tertiary/aromatic N) is 2. The third-order valence-electron chi connectivity index (χ3n) is 6.40. The van der Waals surface area contributed by atoms with Gasteiger partial charge in [-0.05, 0) is 37.0 Å². The van der Waals surface area contributed by atoms with Gasteiger partial charge in [0.2, 0.25) is 11.8 Å². The van der Waals surface area contributed by atoms with Gasteiger partial charge in [0.1, 0.15) is 6.04 Å². The zero-order valence-electron chi connectivity index (χ0n) is 21.0. The number of rotatable bonds is 11. The van der Waals surface area contributed by atoms with Crippen LogP contribution in [0.25, 0.3) is 0 Å². The van der Waals surface area contributed by atoms with E-state index in [9.17, 15) is 19.7 Å². The Hall–Kier alpha value is -4.00. The topological polar surface area (TPSA) is 92.6 Å². The summed E-state index contributed by atoms with van der Waals surface area (Å²) >= 11 is 0. The molecule has 36 heavy (non-hydrogen) atoms. The van der Waals surface area contributed by atoms with Gasteiger partial charge >= 0.3 is 0 Å². The van der Waals surface area contributed by atoms with Gasteiger partial charge in [0.15, 0.2) is 0 Å². The van der Waals surface area contributed by atoms with E-state index in [1.54, 1.807) is 23.1 Å². The molecule has 0 unspecified atom stereocenters. The number of carbonyl (C=O) groups is 2. The van der Waals surface area contributed by atoms with Crippen LogP contribution in [-0.2, 0) is 29.0 Å². The van der Waals surface area contributed by atoms with Crippen LogP contribution in [0.2, 0.25) is 0 Å². The van der Waals surface area contributed by atoms with Gasteiger partial charge in [0.05, 0.1) is 11.3 Å². The van der Waals surface area contributed by atoms with Crippen molar-refractivity contribution in [3.63, 3.8) is 0 Å². The van der Waals surface area contributed by atoms with Crippen LogP contribution in [0.15, 0.2) is 78.9 Å². The average molecular weight is 488 g/mol. The highest BCUT2D eigenvalue weighted by atomic mass is 16.6. The summed E-state index contributed by atoms with van der Waals surface area (Å²) in [6.45, 7) is 6.10. The van der Waals surface area contributed by atoms with Gasteiger partial charge in [-0.25, -0.2) is 0 Å². The van der Waals surface area contributed by atoms with Crippen molar-refractivity contribution in [1.82, 2.24) is 10.2 Å². The van der Waals surface area contributed by atoms with Crippen LogP contribution >= 0.6 is 0 Å². The quantitative estimate of drug-likeness (QED) is 0.304. The molecule has 0 spiro atoms. The number of nitro groups is 1. The number of hydrogen-bond donors (Lipinski definition) is 1. The summed E-state index contributed by atoms with van der Waals surface area (Å²) < 4.78 is 0. The van der Waals surface area contributed by atoms with Crippen LogP contribution < -0.4 is 5.32 Å². The molecule has 7 heteroatoms. The van der Waals surface area contributed by atoms with Crippen LogP contribution in [0.4, 0.5) is 5.69 Å². The molecule has 1 N–H and O–H groups in total. The Bertz CT molecular complexity index is 1200. The highest BCUT2D eigenvalue weighted by Crippen LogP contribution is 2.22. The molecular weight excluding hydrogens is 454 g/mol. The predicted octanol–water partition coefficient (Wildman–Crippen LogP) is 5.00. The molecule has 188 valence electrons. The first-order valence-electron chi connectivity index (χ1n) is 12.2. The highest BCUT2D eigenvalue weighted by Gasteiger charge is 2.32. The molecule has 0 aliphatic carbocycles. The molecule has 3 aromatic carbocycles. The minimum atomic E-state index is -0.781. The zero-order valence-corrected chi connectivity index (χ0v) is 21.0. The Kier molecular flexibility index (Phi) is 9.33. The summed E-state index contributed by atoms with van der Waals surface area (Å²) in [4.78, 5) is 40.0. The van der Waals surface area contributed by atoms with Crippen molar-refractivity contribution in [3.05, 3.63) is 111 Å². The van der Waals surface area contributed by atoms with Crippen molar-refractivity contribution < 1.29 is 14.5 Å². The van der Waals surface area contributed by atoms with Crippen LogP contribution in [0.1, 0.15) is 42.5 Å². The van der Waals surface area contributed by atoms with Gasteiger partial charge in [-0.15, -0.1) is 0 Å². The molecule has 0 saturated carbocycles. The standard InChI is InChI=1S/C29H33N3O4/c1-4-22(3)30-29(34)27(18-23-13-6-5-7-14-23)31(20-25-16-9-8-12-21(25)2)28(33)19-24-15-10-11-17-26(24)32(35)36/h5-17,22,27H,4,18-20H2,1-3H3,(H,30,34)/t22-,27+/m1/s1. The van der Waals surface area contributed by atoms with Gasteiger partial charge in [-0.3, -0.25) is 19.7 Å². The Morgan fingerprint density at radius 1 is 0.944 bits per heavy atom. The van der Waals surface area contributed by atoms with Gasteiger partial charge in [0.25, 0.3) is 5.69 Å². The molecular formula is C29H33N3O4. The second kappa shape index (κ2) is 12.6. The molecule has 0 fully saturated rings. The zero-order chi connectivity index (χ0) is 26.1. The lowest BCUT2D eigenvalue weighted by atomic mass is 10.00. The fourth-order valence-corrected chi connectivity index (χ4v) is 4.07. The summed E-state index contributed by atoms with van der Waals surface area (Å²) in [5.74, 6) is -0.578. The number of nitro benzene ring substituents is 1. The van der Waals surface area contributed by atoms with Gasteiger partial charge < -0.3 is 10.2 Å². The van der Waals surface area contributed by atoms with Crippen molar-refractivity contribution in [2.75, 3.05) is 0 Å². The number of benzene rings is 3. The van der Waals surface area contributed by atoms with E-state index in [-0.39, 0.29) is 36.5 Å². The SMILES string of the molecule is CC[C@@H](C)NC(=O)[C@H](Cc1ccccc1)N(Cc1ccccc1C)C(=O)Cc1ccccc1[N+](=O)[O-]. The van der Waals surface area contributed by atoms with E-state index < -0.39 is 11.0 Å². The first-order chi connectivity index (χ1) is 17.3. The number of amides is 2. The summed E-state index contributed by atoms with van der Waals surface area (Å²) in [6.07, 6.45) is 0.911. The second-order valence-corrected chi connectivity index (χ2v) is 9.03. The highest BCUT2D eigenvalue weighted by molar-refractivity contribution is 5.89. The third-order valence-corrected chi connectivity index (χ3v) is 6.40. The molecule has 0 saturated heterocycles. The molecule has 7 nitrogen and oxygen atoms in total. The Balaban J connectivity index is 2.03. The lowest BCUT2D eigenvalue weighted by Gasteiger charge is -2.32. The normalized spacial score (nSPS) is 12.4. The second-order valence-electron chi connectivity index (χ2n) is 9.03. The summed E-state index contributed by atoms with van der Waals surface area (Å²) in [7, 11) is 0. The van der Waals surface area contributed by atoms with Crippen molar-refractivity contribution in [2.24, 2.45) is 0 Å². The predicted molar refractivity (Wildman–Crippen MR) is 140 cm³/mol. The van der Waals surface area contributed by atoms with Crippen molar-refractivity contribution in [3.8, 4) is 0 Å². The molecule has 0 bridgehead atoms. The molecule has 0 heterocycles. The lowest BCUT2D eigenvalue weighted by Crippen LogP contribution is -2.52. The van der Waals surface area contributed by atoms with Gasteiger partial charge in [0, 0.05) is 30.6 Å². The van der Waals surface area contributed by atoms with Crippen LogP contribution in [0.3, 0.4) is 0 Å². The smallest absolute Gasteiger partial charge is 0.273 e. The molecule has 0 aromatic heterocycles. The Morgan fingerprint density at radius 2 is 1.56 bits per heavy atom. The number of aryl methyl sites for hydroxylation is 1. The van der Waals surface area contributed by atoms with Crippen LogP contribution in [0, 0.1) is 17.0 Å². The molecule has 3 rings (SSSR count). The fourth-order valence-electron chi connectivity index (χ4n) is 4.07. The largest absolute Gasteiger partial charge is 0.352 e. The van der Waals surface area contributed by atoms with Gasteiger partial charge in [-0.1, -0.05) is 79.7 Å². The van der Waals surface area contributed by atoms with E-state index in [0.717, 1.165) is 23.1 Å². The maximum atomic E-state index is 13.8. The number of para-hydroxylation sites is 1. The molecule has 0 radical (unpaired) electrons. The van der Waals surface area contributed by atoms with Crippen LogP contribution in [0.5, 0.6) is 0 Å². The first-order valence-corrected chi connectivity index (χ1v) is 12.2. The minimum Gasteiger partial charge on any atom is -0.352 e. The fraction of sp³-hybridized carbons (Fsp3) is 0.310. The first kappa shape index (κ1) is 26.6. The Labute approximate surface area is 212 Å². The van der Waals surface area contributed by atoms with Crippen LogP contribution in [-0.4, -0.2) is 33.7 Å². The number of nitrogens with one attached hydrogen (secondary N) is 1. The van der Waals surface area contributed by atoms with Crippen molar-refractivity contribution in [1.29, 1.82) is 0 Å². The van der Waals surface area contributed by atoms with Gasteiger partial charge in [-0.2, -0.15) is 0 Å². The van der Waals surface area contributed by atoms with E-state index >= 15 is 0 Å². The summed E-state index contributed by atoms with van der Waals surface area (Å²) in [5.41, 5.74) is 3.06. The van der Waals surface area contributed by atoms with E-state index in [0.29, 0.717) is 12.0 Å². The number of hydrogen-bond acceptors (Lipinski definition) is 4. The maximum Gasteiger partial charge on any atom is 0.273 e. The van der Waals surface area contributed by atoms with E-state index in [4.69, 9.17) is 0 Å². The Morgan fingerprint density at radius 3 is 2.19 bits per heavy atom. The van der Waals surface area contributed by atoms with E-state index in [1.165, 1.54) is 6.07 Å². The molecule has 0 aliphatic heterocycles. The summed E-state index contributed by atoms with van der Waals surface area (Å²) in [5, 5.41) is 14.6. The molecule has 2 amide bonds. The van der Waals surface area contributed by atoms with Crippen molar-refractivity contribution >= 4 is 17.5 Å². The minimum absolute atomic E-state index is 0.0543. The van der Waals surface area contributed by atoms with E-state index in [1.807, 2.05) is 75.4 Å². The average Bonchev–Trinajstić information content (AvgIpc) is 2.87. The monoisotopic (exact) mass is 487 g/mol. The van der Waals surface area contributed by atoms with E-state index in [2.05, 4.69) is 5.32 Å². The number of carbonyl (C=O) groups excluding carboxylic acids is 2. The maximum absolute atomic E-state index is 13.8. The lowest BCUT2D eigenvalue weighted by molar-refractivity contribution is -0.385. The molecule has 0 aliphatic rings. The molecule has 2 atom stereocenters. The molecule has 3 aromatic rings. The third kappa shape index (κ3) is 7.01. The van der Waals surface area contributed by atoms with Crippen molar-refractivity contribution in [2.45, 2.75) is 58.7 Å². The summed E-state index contributed by atoms with van der Waals surface area (Å²) in [6, 6.07) is 22.7.